The van der Waals surface area contributed by atoms with Crippen molar-refractivity contribution in [2.24, 2.45) is 5.92 Å². The molecule has 3 nitrogen and oxygen atoms in total. The number of carbonyl (C=O) groups is 1. The molecule has 2 rings (SSSR count). The second kappa shape index (κ2) is 6.91. The average molecular weight is 294 g/mol. The van der Waals surface area contributed by atoms with E-state index in [1.165, 1.54) is 6.08 Å². The van der Waals surface area contributed by atoms with Gasteiger partial charge in [0.25, 0.3) is 0 Å². The van der Waals surface area contributed by atoms with Gasteiger partial charge in [-0.25, -0.2) is 0 Å². The second-order valence-corrected chi connectivity index (χ2v) is 5.83. The van der Waals surface area contributed by atoms with Gasteiger partial charge in [0.05, 0.1) is 6.10 Å². The maximum Gasteiger partial charge on any atom is 0.244 e. The first kappa shape index (κ1) is 15.1. The van der Waals surface area contributed by atoms with Gasteiger partial charge in [-0.1, -0.05) is 23.7 Å². The molecule has 1 aliphatic rings. The fourth-order valence-corrected chi connectivity index (χ4v) is 2.61. The number of nitrogens with one attached hydrogen (secondary N) is 1. The van der Waals surface area contributed by atoms with Gasteiger partial charge in [-0.15, -0.1) is 0 Å². The van der Waals surface area contributed by atoms with Crippen LogP contribution in [-0.2, 0) is 4.79 Å². The molecule has 1 aromatic carbocycles. The summed E-state index contributed by atoms with van der Waals surface area (Å²) in [5.41, 5.74) is 1.93. The van der Waals surface area contributed by atoms with Crippen LogP contribution in [0.4, 0.5) is 0 Å². The van der Waals surface area contributed by atoms with Crippen molar-refractivity contribution >= 4 is 23.6 Å². The van der Waals surface area contributed by atoms with Crippen molar-refractivity contribution < 1.29 is 9.90 Å². The standard InChI is InChI=1S/C16H20ClNO2/c1-11-2-3-12(9-15(11)17)5-7-16(20)18-10-13-4-6-14(19)8-13/h2-3,5,7,9,13-14,19H,4,6,8,10H2,1H3,(H,18,20)/b7-5+. The van der Waals surface area contributed by atoms with Crippen molar-refractivity contribution in [3.63, 3.8) is 0 Å². The Kier molecular flexibility index (Phi) is 5.21. The highest BCUT2D eigenvalue weighted by molar-refractivity contribution is 6.31. The molecule has 0 aliphatic heterocycles. The van der Waals surface area contributed by atoms with E-state index in [0.717, 1.165) is 30.4 Å². The summed E-state index contributed by atoms with van der Waals surface area (Å²) in [4.78, 5) is 11.7. The second-order valence-electron chi connectivity index (χ2n) is 5.42. The molecule has 2 unspecified atom stereocenters. The van der Waals surface area contributed by atoms with Crippen molar-refractivity contribution in [2.75, 3.05) is 6.54 Å². The zero-order chi connectivity index (χ0) is 14.5. The fraction of sp³-hybridized carbons (Fsp3) is 0.438. The van der Waals surface area contributed by atoms with Gasteiger partial charge >= 0.3 is 0 Å². The molecule has 0 aromatic heterocycles. The summed E-state index contributed by atoms with van der Waals surface area (Å²) in [5.74, 6) is 0.291. The Morgan fingerprint density at radius 2 is 2.30 bits per heavy atom. The third-order valence-corrected chi connectivity index (χ3v) is 4.11. The van der Waals surface area contributed by atoms with Crippen LogP contribution in [-0.4, -0.2) is 23.7 Å². The number of hydrogen-bond acceptors (Lipinski definition) is 2. The number of aryl methyl sites for hydroxylation is 1. The van der Waals surface area contributed by atoms with Crippen LogP contribution in [0.25, 0.3) is 6.08 Å². The lowest BCUT2D eigenvalue weighted by Gasteiger charge is -2.09. The zero-order valence-electron chi connectivity index (χ0n) is 11.6. The van der Waals surface area contributed by atoms with Crippen LogP contribution in [0.1, 0.15) is 30.4 Å². The van der Waals surface area contributed by atoms with Crippen LogP contribution in [0.2, 0.25) is 5.02 Å². The Bertz CT molecular complexity index is 513. The molecule has 2 N–H and O–H groups in total. The number of amides is 1. The number of aliphatic hydroxyl groups is 1. The highest BCUT2D eigenvalue weighted by Crippen LogP contribution is 2.24. The predicted molar refractivity (Wildman–Crippen MR) is 81.6 cm³/mol. The van der Waals surface area contributed by atoms with Crippen molar-refractivity contribution in [3.8, 4) is 0 Å². The molecular weight excluding hydrogens is 274 g/mol. The van der Waals surface area contributed by atoms with Crippen LogP contribution in [0.3, 0.4) is 0 Å². The predicted octanol–water partition coefficient (Wildman–Crippen LogP) is 2.94. The van der Waals surface area contributed by atoms with Crippen LogP contribution in [0.5, 0.6) is 0 Å². The molecule has 108 valence electrons. The minimum Gasteiger partial charge on any atom is -0.393 e. The first-order chi connectivity index (χ1) is 9.54. The van der Waals surface area contributed by atoms with Gasteiger partial charge in [-0.2, -0.15) is 0 Å². The molecular formula is C16H20ClNO2. The molecule has 1 fully saturated rings. The molecule has 0 saturated heterocycles. The van der Waals surface area contributed by atoms with Crippen LogP contribution in [0, 0.1) is 12.8 Å². The fourth-order valence-electron chi connectivity index (χ4n) is 2.42. The first-order valence-corrected chi connectivity index (χ1v) is 7.32. The lowest BCUT2D eigenvalue weighted by Crippen LogP contribution is -2.26. The minimum atomic E-state index is -0.192. The van der Waals surface area contributed by atoms with E-state index in [9.17, 15) is 9.90 Å². The van der Waals surface area contributed by atoms with Crippen molar-refractivity contribution in [1.82, 2.24) is 5.32 Å². The number of rotatable bonds is 4. The summed E-state index contributed by atoms with van der Waals surface area (Å²) in [5, 5.41) is 13.0. The molecule has 0 radical (unpaired) electrons. The molecule has 0 heterocycles. The van der Waals surface area contributed by atoms with E-state index in [2.05, 4.69) is 5.32 Å². The number of carbonyl (C=O) groups excluding carboxylic acids is 1. The minimum absolute atomic E-state index is 0.108. The summed E-state index contributed by atoms with van der Waals surface area (Å²) < 4.78 is 0. The highest BCUT2D eigenvalue weighted by Gasteiger charge is 2.22. The molecule has 0 bridgehead atoms. The van der Waals surface area contributed by atoms with Gasteiger partial charge in [0.15, 0.2) is 0 Å². The van der Waals surface area contributed by atoms with E-state index >= 15 is 0 Å². The Hall–Kier alpha value is -1.32. The Morgan fingerprint density at radius 1 is 1.50 bits per heavy atom. The van der Waals surface area contributed by atoms with Crippen molar-refractivity contribution in [2.45, 2.75) is 32.3 Å². The Labute approximate surface area is 124 Å². The van der Waals surface area contributed by atoms with Crippen molar-refractivity contribution in [1.29, 1.82) is 0 Å². The van der Waals surface area contributed by atoms with E-state index in [4.69, 9.17) is 11.6 Å². The quantitative estimate of drug-likeness (QED) is 0.839. The Balaban J connectivity index is 1.81. The maximum atomic E-state index is 11.7. The van der Waals surface area contributed by atoms with Gasteiger partial charge in [-0.05, 0) is 55.4 Å². The smallest absolute Gasteiger partial charge is 0.244 e. The molecule has 1 aliphatic carbocycles. The molecule has 20 heavy (non-hydrogen) atoms. The topological polar surface area (TPSA) is 49.3 Å². The maximum absolute atomic E-state index is 11.7. The summed E-state index contributed by atoms with van der Waals surface area (Å²) in [6.45, 7) is 2.58. The molecule has 0 spiro atoms. The summed E-state index contributed by atoms with van der Waals surface area (Å²) in [6, 6.07) is 5.70. The van der Waals surface area contributed by atoms with Crippen LogP contribution < -0.4 is 5.32 Å². The van der Waals surface area contributed by atoms with Crippen LogP contribution >= 0.6 is 11.6 Å². The summed E-state index contributed by atoms with van der Waals surface area (Å²) >= 11 is 6.03. The molecule has 4 heteroatoms. The number of benzene rings is 1. The zero-order valence-corrected chi connectivity index (χ0v) is 12.4. The van der Waals surface area contributed by atoms with Gasteiger partial charge in [0, 0.05) is 17.6 Å². The Morgan fingerprint density at radius 3 is 2.95 bits per heavy atom. The SMILES string of the molecule is Cc1ccc(/C=C/C(=O)NCC2CCC(O)C2)cc1Cl. The van der Waals surface area contributed by atoms with Crippen molar-refractivity contribution in [3.05, 3.63) is 40.4 Å². The van der Waals surface area contributed by atoms with E-state index in [0.29, 0.717) is 17.5 Å². The van der Waals surface area contributed by atoms with Gasteiger partial charge in [0.1, 0.15) is 0 Å². The van der Waals surface area contributed by atoms with Crippen LogP contribution in [0.15, 0.2) is 24.3 Å². The van der Waals surface area contributed by atoms with Gasteiger partial charge < -0.3 is 10.4 Å². The number of halogens is 1. The molecule has 1 aromatic rings. The third-order valence-electron chi connectivity index (χ3n) is 3.70. The molecule has 1 amide bonds. The number of hydrogen-bond donors (Lipinski definition) is 2. The monoisotopic (exact) mass is 293 g/mol. The van der Waals surface area contributed by atoms with Gasteiger partial charge in [-0.3, -0.25) is 4.79 Å². The van der Waals surface area contributed by atoms with E-state index in [1.54, 1.807) is 6.08 Å². The highest BCUT2D eigenvalue weighted by atomic mass is 35.5. The largest absolute Gasteiger partial charge is 0.393 e. The van der Waals surface area contributed by atoms with E-state index in [1.807, 2.05) is 25.1 Å². The summed E-state index contributed by atoms with van der Waals surface area (Å²) in [6.07, 6.45) is 5.70. The molecule has 1 saturated carbocycles. The molecule has 2 atom stereocenters. The first-order valence-electron chi connectivity index (χ1n) is 6.94. The number of aliphatic hydroxyl groups excluding tert-OH is 1. The average Bonchev–Trinajstić information content (AvgIpc) is 2.83. The normalized spacial score (nSPS) is 22.4. The van der Waals surface area contributed by atoms with E-state index < -0.39 is 0 Å². The van der Waals surface area contributed by atoms with E-state index in [-0.39, 0.29) is 12.0 Å². The lowest BCUT2D eigenvalue weighted by atomic mass is 10.1. The summed E-state index contributed by atoms with van der Waals surface area (Å²) in [7, 11) is 0. The lowest BCUT2D eigenvalue weighted by molar-refractivity contribution is -0.116. The third kappa shape index (κ3) is 4.36. The van der Waals surface area contributed by atoms with Gasteiger partial charge in [0.2, 0.25) is 5.91 Å².